The van der Waals surface area contributed by atoms with Gasteiger partial charge in [-0.3, -0.25) is 9.89 Å². The number of anilines is 2. The van der Waals surface area contributed by atoms with Gasteiger partial charge in [-0.15, -0.1) is 0 Å². The Kier molecular flexibility index (Phi) is 6.38. The fraction of sp³-hybridized carbons (Fsp3) is 0.273. The molecule has 172 valence electrons. The van der Waals surface area contributed by atoms with Crippen LogP contribution in [0.25, 0.3) is 11.1 Å². The van der Waals surface area contributed by atoms with Gasteiger partial charge < -0.3 is 25.3 Å². The van der Waals surface area contributed by atoms with Crippen LogP contribution in [-0.2, 0) is 9.57 Å². The average Bonchev–Trinajstić information content (AvgIpc) is 3.19. The maximum absolute atomic E-state index is 14.9. The van der Waals surface area contributed by atoms with Gasteiger partial charge in [0.15, 0.2) is 0 Å². The highest BCUT2D eigenvalue weighted by molar-refractivity contribution is 5.95. The summed E-state index contributed by atoms with van der Waals surface area (Å²) in [5.41, 5.74) is 6.92. The molecular weight excluding hydrogens is 431 g/mol. The predicted molar refractivity (Wildman–Crippen MR) is 122 cm³/mol. The van der Waals surface area contributed by atoms with E-state index in [1.165, 1.54) is 17.0 Å². The maximum atomic E-state index is 14.9. The number of pyridine rings is 1. The summed E-state index contributed by atoms with van der Waals surface area (Å²) in [6.07, 6.45) is 2.47. The molecule has 4 rings (SSSR count). The van der Waals surface area contributed by atoms with Gasteiger partial charge in [-0.05, 0) is 37.3 Å². The Morgan fingerprint density at radius 3 is 2.91 bits per heavy atom. The quantitative estimate of drug-likeness (QED) is 0.390. The Balaban J connectivity index is 1.47. The van der Waals surface area contributed by atoms with Crippen molar-refractivity contribution in [2.75, 3.05) is 36.0 Å². The van der Waals surface area contributed by atoms with Crippen LogP contribution < -0.4 is 15.5 Å². The molecule has 1 fully saturated rings. The van der Waals surface area contributed by atoms with E-state index < -0.39 is 18.0 Å². The number of carbonyl (C=O) groups is 1. The number of hydrogen-bond donors (Lipinski definition) is 2. The second-order valence-corrected chi connectivity index (χ2v) is 7.39. The summed E-state index contributed by atoms with van der Waals surface area (Å²) in [4.78, 5) is 29.0. The van der Waals surface area contributed by atoms with Crippen molar-refractivity contribution >= 4 is 29.3 Å². The smallest absolute Gasteiger partial charge is 0.414 e. The lowest BCUT2D eigenvalue weighted by molar-refractivity contribution is 0.142. The molecule has 3 heterocycles. The zero-order valence-corrected chi connectivity index (χ0v) is 17.9. The van der Waals surface area contributed by atoms with Crippen LogP contribution >= 0.6 is 0 Å². The highest BCUT2D eigenvalue weighted by Crippen LogP contribution is 2.29. The van der Waals surface area contributed by atoms with Gasteiger partial charge >= 0.3 is 6.09 Å². The first-order valence-corrected chi connectivity index (χ1v) is 10.2. The number of aliphatic hydroxyl groups excluding tert-OH is 1. The van der Waals surface area contributed by atoms with E-state index in [4.69, 9.17) is 20.4 Å². The van der Waals surface area contributed by atoms with Gasteiger partial charge in [0.05, 0.1) is 31.6 Å². The lowest BCUT2D eigenvalue weighted by Gasteiger charge is -2.25. The summed E-state index contributed by atoms with van der Waals surface area (Å²) in [5.74, 6) is 1.02. The number of cyclic esters (lactones) is 1. The number of nitrogens with zero attached hydrogens (tertiary/aromatic N) is 5. The van der Waals surface area contributed by atoms with E-state index in [9.17, 15) is 9.18 Å². The number of oxime groups is 1. The Hall–Kier alpha value is -4.15. The maximum Gasteiger partial charge on any atom is 0.414 e. The number of benzene rings is 1. The highest BCUT2D eigenvalue weighted by atomic mass is 19.1. The van der Waals surface area contributed by atoms with Crippen LogP contribution in [0.3, 0.4) is 0 Å². The summed E-state index contributed by atoms with van der Waals surface area (Å²) < 4.78 is 20.2. The first-order valence-electron chi connectivity index (χ1n) is 10.2. The molecule has 2 aliphatic rings. The Morgan fingerprint density at radius 2 is 2.21 bits per heavy atom. The molecule has 11 heteroatoms. The summed E-state index contributed by atoms with van der Waals surface area (Å²) in [6, 6.07) is 8.13. The molecule has 1 amide bonds. The van der Waals surface area contributed by atoms with Crippen molar-refractivity contribution in [2.45, 2.75) is 13.0 Å². The second-order valence-electron chi connectivity index (χ2n) is 7.39. The van der Waals surface area contributed by atoms with Crippen molar-refractivity contribution in [2.24, 2.45) is 15.9 Å². The van der Waals surface area contributed by atoms with Crippen LogP contribution in [0.4, 0.5) is 20.7 Å². The van der Waals surface area contributed by atoms with Gasteiger partial charge in [0.1, 0.15) is 36.0 Å². The van der Waals surface area contributed by atoms with Crippen molar-refractivity contribution in [1.82, 2.24) is 4.98 Å². The van der Waals surface area contributed by atoms with Gasteiger partial charge in [-0.25, -0.2) is 14.2 Å². The lowest BCUT2D eigenvalue weighted by Crippen LogP contribution is -2.36. The molecule has 10 nitrogen and oxygen atoms in total. The molecule has 0 spiro atoms. The Morgan fingerprint density at radius 1 is 1.36 bits per heavy atom. The van der Waals surface area contributed by atoms with Crippen LogP contribution in [-0.4, -0.2) is 60.2 Å². The van der Waals surface area contributed by atoms with Crippen LogP contribution in [0.5, 0.6) is 0 Å². The first-order chi connectivity index (χ1) is 16.0. The summed E-state index contributed by atoms with van der Waals surface area (Å²) in [5, 5.41) is 12.6. The number of rotatable bonds is 6. The molecule has 3 N–H and O–H groups in total. The average molecular weight is 454 g/mol. The molecule has 1 aromatic carbocycles. The minimum absolute atomic E-state index is 0.109. The van der Waals surface area contributed by atoms with E-state index in [0.717, 1.165) is 6.26 Å². The van der Waals surface area contributed by atoms with Crippen LogP contribution in [0.15, 0.2) is 59.0 Å². The molecule has 1 saturated heterocycles. The van der Waals surface area contributed by atoms with Crippen LogP contribution in [0.1, 0.15) is 6.92 Å². The molecule has 0 radical (unpaired) electrons. The van der Waals surface area contributed by atoms with Gasteiger partial charge in [0.25, 0.3) is 0 Å². The minimum Gasteiger partial charge on any atom is -0.515 e. The second kappa shape index (κ2) is 9.55. The van der Waals surface area contributed by atoms with Gasteiger partial charge in [-0.1, -0.05) is 5.16 Å². The molecule has 0 saturated carbocycles. The van der Waals surface area contributed by atoms with E-state index in [2.05, 4.69) is 15.1 Å². The van der Waals surface area contributed by atoms with Gasteiger partial charge in [0.2, 0.25) is 0 Å². The van der Waals surface area contributed by atoms with Crippen molar-refractivity contribution in [3.8, 4) is 11.1 Å². The number of aromatic nitrogens is 1. The zero-order chi connectivity index (χ0) is 23.4. The van der Waals surface area contributed by atoms with Crippen LogP contribution in [0, 0.1) is 5.82 Å². The molecule has 1 unspecified atom stereocenters. The van der Waals surface area contributed by atoms with E-state index in [1.54, 1.807) is 30.5 Å². The predicted octanol–water partition coefficient (Wildman–Crippen LogP) is 2.81. The van der Waals surface area contributed by atoms with Crippen molar-refractivity contribution < 1.29 is 23.9 Å². The number of halogens is 1. The number of carbonyl (C=O) groups excluding carboxylic acids is 1. The Labute approximate surface area is 189 Å². The zero-order valence-electron chi connectivity index (χ0n) is 17.9. The topological polar surface area (TPSA) is 126 Å². The lowest BCUT2D eigenvalue weighted by atomic mass is 10.1. The SMILES string of the molecule is CC1=NOCCN1c1ccc(-c2ccc(N3CC(CN=C(N)/C=C\O)OC3=O)cc2F)cn1. The van der Waals surface area contributed by atoms with E-state index >= 15 is 0 Å². The van der Waals surface area contributed by atoms with Crippen molar-refractivity contribution in [3.63, 3.8) is 0 Å². The number of amides is 1. The molecule has 0 bridgehead atoms. The first kappa shape index (κ1) is 22.1. The summed E-state index contributed by atoms with van der Waals surface area (Å²) >= 11 is 0. The molecule has 1 atom stereocenters. The standard InChI is InChI=1S/C22H23FN6O4/c1-14-27-32-9-7-28(14)21-5-2-15(11-26-21)18-4-3-16(10-19(18)23)29-13-17(33-22(29)31)12-25-20(24)6-8-30/h2-6,8,10-11,17,30H,7,9,12-13H2,1H3,(H2,24,25)/b8-6-. The fourth-order valence-corrected chi connectivity index (χ4v) is 3.54. The fourth-order valence-electron chi connectivity index (χ4n) is 3.54. The molecule has 2 aliphatic heterocycles. The van der Waals surface area contributed by atoms with Gasteiger partial charge in [0, 0.05) is 23.4 Å². The molecule has 2 aromatic rings. The van der Waals surface area contributed by atoms with Crippen LogP contribution in [0.2, 0.25) is 0 Å². The third-order valence-corrected chi connectivity index (χ3v) is 5.19. The third kappa shape index (κ3) is 4.86. The third-order valence-electron chi connectivity index (χ3n) is 5.19. The van der Waals surface area contributed by atoms with E-state index in [-0.39, 0.29) is 18.9 Å². The largest absolute Gasteiger partial charge is 0.515 e. The van der Waals surface area contributed by atoms with Gasteiger partial charge in [-0.2, -0.15) is 0 Å². The molecule has 0 aliphatic carbocycles. The summed E-state index contributed by atoms with van der Waals surface area (Å²) in [7, 11) is 0. The monoisotopic (exact) mass is 454 g/mol. The number of nitrogens with two attached hydrogens (primary N) is 1. The Bertz CT molecular complexity index is 1120. The van der Waals surface area contributed by atoms with Crippen molar-refractivity contribution in [1.29, 1.82) is 0 Å². The number of aliphatic imine (C=N–C) groups is 1. The number of hydrogen-bond acceptors (Lipinski definition) is 8. The van der Waals surface area contributed by atoms with Crippen molar-refractivity contribution in [3.05, 3.63) is 54.7 Å². The summed E-state index contributed by atoms with van der Waals surface area (Å²) in [6.45, 7) is 3.26. The molecular formula is C22H23FN6O4. The molecule has 1 aromatic heterocycles. The highest BCUT2D eigenvalue weighted by Gasteiger charge is 2.32. The number of amidine groups is 2. The number of ether oxygens (including phenoxy) is 1. The molecule has 33 heavy (non-hydrogen) atoms. The number of aliphatic hydroxyl groups is 1. The van der Waals surface area contributed by atoms with E-state index in [0.29, 0.717) is 41.6 Å². The normalized spacial score (nSPS) is 19.0. The van der Waals surface area contributed by atoms with E-state index in [1.807, 2.05) is 11.8 Å². The minimum atomic E-state index is -0.591.